The molecule has 0 bridgehead atoms. The summed E-state index contributed by atoms with van der Waals surface area (Å²) in [5.41, 5.74) is 12.5. The number of anilines is 1. The maximum Gasteiger partial charge on any atom is 0.410 e. The van der Waals surface area contributed by atoms with Gasteiger partial charge in [-0.1, -0.05) is 12.1 Å². The van der Waals surface area contributed by atoms with Gasteiger partial charge in [-0.2, -0.15) is 0 Å². The second kappa shape index (κ2) is 8.47. The number of amides is 1. The number of benzene rings is 2. The van der Waals surface area contributed by atoms with Gasteiger partial charge in [-0.15, -0.1) is 0 Å². The number of piperidine rings is 1. The molecular formula is C27H32N4O2. The van der Waals surface area contributed by atoms with E-state index in [9.17, 15) is 4.79 Å². The van der Waals surface area contributed by atoms with E-state index in [0.29, 0.717) is 18.8 Å². The van der Waals surface area contributed by atoms with Crippen LogP contribution >= 0.6 is 0 Å². The molecular weight excluding hydrogens is 412 g/mol. The molecule has 4 rings (SSSR count). The quantitative estimate of drug-likeness (QED) is 0.356. The summed E-state index contributed by atoms with van der Waals surface area (Å²) in [5, 5.41) is 1.06. The molecule has 0 saturated carbocycles. The summed E-state index contributed by atoms with van der Waals surface area (Å²) < 4.78 is 7.89. The molecule has 2 heterocycles. The molecule has 1 amide bonds. The minimum Gasteiger partial charge on any atom is -0.444 e. The second-order valence-electron chi connectivity index (χ2n) is 9.94. The third-order valence-corrected chi connectivity index (χ3v) is 6.45. The molecule has 172 valence electrons. The first-order valence-electron chi connectivity index (χ1n) is 11.4. The number of nitrogen functional groups attached to an aromatic ring is 1. The van der Waals surface area contributed by atoms with Gasteiger partial charge in [0.05, 0.1) is 6.57 Å². The molecule has 33 heavy (non-hydrogen) atoms. The van der Waals surface area contributed by atoms with Gasteiger partial charge >= 0.3 is 6.09 Å². The Morgan fingerprint density at radius 3 is 2.48 bits per heavy atom. The first kappa shape index (κ1) is 22.7. The second-order valence-corrected chi connectivity index (χ2v) is 9.94. The lowest BCUT2D eigenvalue weighted by atomic mass is 9.98. The third-order valence-electron chi connectivity index (χ3n) is 6.45. The number of fused-ring (bicyclic) bond motifs is 1. The largest absolute Gasteiger partial charge is 0.444 e. The van der Waals surface area contributed by atoms with E-state index in [1.165, 1.54) is 0 Å². The van der Waals surface area contributed by atoms with Gasteiger partial charge < -0.3 is 19.9 Å². The molecule has 0 radical (unpaired) electrons. The van der Waals surface area contributed by atoms with Crippen LogP contribution < -0.4 is 5.73 Å². The highest BCUT2D eigenvalue weighted by molar-refractivity contribution is 6.00. The molecule has 0 spiro atoms. The predicted octanol–water partition coefficient (Wildman–Crippen LogP) is 6.63. The van der Waals surface area contributed by atoms with Crippen LogP contribution in [-0.2, 0) is 4.74 Å². The average molecular weight is 445 g/mol. The number of aryl methyl sites for hydroxylation is 1. The number of hydrogen-bond acceptors (Lipinski definition) is 3. The first-order valence-corrected chi connectivity index (χ1v) is 11.4. The topological polar surface area (TPSA) is 64.9 Å². The van der Waals surface area contributed by atoms with Crippen molar-refractivity contribution in [1.82, 2.24) is 9.47 Å². The van der Waals surface area contributed by atoms with Crippen LogP contribution in [0.5, 0.6) is 0 Å². The summed E-state index contributed by atoms with van der Waals surface area (Å²) in [5.74, 6) is 0. The number of rotatable bonds is 2. The van der Waals surface area contributed by atoms with E-state index in [1.807, 2.05) is 52.8 Å². The molecule has 1 aliphatic heterocycles. The minimum atomic E-state index is -0.493. The summed E-state index contributed by atoms with van der Waals surface area (Å²) in [7, 11) is 0. The lowest BCUT2D eigenvalue weighted by molar-refractivity contribution is 0.0190. The number of hydrogen-bond donors (Lipinski definition) is 1. The van der Waals surface area contributed by atoms with Gasteiger partial charge in [0.15, 0.2) is 5.69 Å². The first-order chi connectivity index (χ1) is 15.6. The molecule has 2 N–H and O–H groups in total. The number of aromatic nitrogens is 1. The minimum absolute atomic E-state index is 0.244. The number of carbonyl (C=O) groups is 1. The van der Waals surface area contributed by atoms with E-state index in [0.717, 1.165) is 51.7 Å². The van der Waals surface area contributed by atoms with Crippen molar-refractivity contribution in [2.75, 3.05) is 18.8 Å². The molecule has 6 nitrogen and oxygen atoms in total. The standard InChI is InChI=1S/C27H32N4O2/c1-17-14-25-21(15-24(17)29-6)22(20-8-7-9-23(28)18(20)2)16-31(25)19-10-12-30(13-11-19)26(32)33-27(3,4)5/h7-9,14-16,19H,10-13,28H2,1-5H3. The summed E-state index contributed by atoms with van der Waals surface area (Å²) >= 11 is 0. The lowest BCUT2D eigenvalue weighted by Gasteiger charge is -2.34. The van der Waals surface area contributed by atoms with Crippen LogP contribution in [0, 0.1) is 20.4 Å². The van der Waals surface area contributed by atoms with Gasteiger partial charge in [-0.05, 0) is 87.7 Å². The van der Waals surface area contributed by atoms with Crippen LogP contribution in [0.4, 0.5) is 16.2 Å². The SMILES string of the molecule is [C-]#[N+]c1cc2c(-c3cccc(N)c3C)cn(C3CCN(C(=O)OC(C)(C)C)CC3)c2cc1C. The van der Waals surface area contributed by atoms with E-state index in [2.05, 4.69) is 27.7 Å². The average Bonchev–Trinajstić information content (AvgIpc) is 3.12. The number of nitrogens with zero attached hydrogens (tertiary/aromatic N) is 3. The number of carbonyl (C=O) groups excluding carboxylic acids is 1. The molecule has 1 fully saturated rings. The molecule has 0 unspecified atom stereocenters. The number of likely N-dealkylation sites (tertiary alicyclic amines) is 1. The van der Waals surface area contributed by atoms with Crippen molar-refractivity contribution in [1.29, 1.82) is 0 Å². The van der Waals surface area contributed by atoms with Crippen LogP contribution in [0.2, 0.25) is 0 Å². The molecule has 1 aromatic heterocycles. The maximum atomic E-state index is 12.5. The zero-order chi connectivity index (χ0) is 23.9. The third kappa shape index (κ3) is 4.41. The van der Waals surface area contributed by atoms with Gasteiger partial charge in [0, 0.05) is 42.1 Å². The Morgan fingerprint density at radius 2 is 1.85 bits per heavy atom. The maximum absolute atomic E-state index is 12.5. The Bertz CT molecular complexity index is 1250. The van der Waals surface area contributed by atoms with E-state index in [-0.39, 0.29) is 12.1 Å². The van der Waals surface area contributed by atoms with E-state index in [4.69, 9.17) is 17.0 Å². The van der Waals surface area contributed by atoms with Gasteiger partial charge in [0.1, 0.15) is 5.60 Å². The summed E-state index contributed by atoms with van der Waals surface area (Å²) in [4.78, 5) is 18.0. The highest BCUT2D eigenvalue weighted by Gasteiger charge is 2.29. The molecule has 1 aliphatic rings. The molecule has 2 aromatic carbocycles. The van der Waals surface area contributed by atoms with Gasteiger partial charge in [0.25, 0.3) is 0 Å². The molecule has 1 saturated heterocycles. The van der Waals surface area contributed by atoms with E-state index < -0.39 is 5.60 Å². The van der Waals surface area contributed by atoms with Gasteiger partial charge in [0.2, 0.25) is 0 Å². The van der Waals surface area contributed by atoms with Gasteiger partial charge in [-0.25, -0.2) is 9.64 Å². The molecule has 0 atom stereocenters. The molecule has 6 heteroatoms. The zero-order valence-corrected chi connectivity index (χ0v) is 20.1. The van der Waals surface area contributed by atoms with Crippen molar-refractivity contribution in [3.8, 4) is 11.1 Å². The predicted molar refractivity (Wildman–Crippen MR) is 134 cm³/mol. The lowest BCUT2D eigenvalue weighted by Crippen LogP contribution is -2.42. The molecule has 0 aliphatic carbocycles. The zero-order valence-electron chi connectivity index (χ0n) is 20.1. The highest BCUT2D eigenvalue weighted by atomic mass is 16.6. The fourth-order valence-corrected chi connectivity index (χ4v) is 4.62. The number of nitrogens with two attached hydrogens (primary N) is 1. The van der Waals surface area contributed by atoms with Crippen LogP contribution in [0.25, 0.3) is 26.9 Å². The van der Waals surface area contributed by atoms with Crippen molar-refractivity contribution in [2.24, 2.45) is 0 Å². The van der Waals surface area contributed by atoms with Crippen molar-refractivity contribution < 1.29 is 9.53 Å². The van der Waals surface area contributed by atoms with Crippen molar-refractivity contribution in [3.63, 3.8) is 0 Å². The van der Waals surface area contributed by atoms with Crippen molar-refractivity contribution in [3.05, 3.63) is 59.1 Å². The number of ether oxygens (including phenoxy) is 1. The van der Waals surface area contributed by atoms with Crippen LogP contribution in [0.1, 0.15) is 50.8 Å². The Hall–Kier alpha value is -3.46. The summed E-state index contributed by atoms with van der Waals surface area (Å²) in [6.45, 7) is 18.6. The monoisotopic (exact) mass is 444 g/mol. The van der Waals surface area contributed by atoms with E-state index >= 15 is 0 Å². The Kier molecular flexibility index (Phi) is 5.84. The Labute approximate surface area is 195 Å². The van der Waals surface area contributed by atoms with Crippen LogP contribution in [-0.4, -0.2) is 34.3 Å². The van der Waals surface area contributed by atoms with Crippen molar-refractivity contribution in [2.45, 2.75) is 59.1 Å². The molecule has 3 aromatic rings. The van der Waals surface area contributed by atoms with Crippen LogP contribution in [0.15, 0.2) is 36.5 Å². The van der Waals surface area contributed by atoms with E-state index in [1.54, 1.807) is 4.90 Å². The summed E-state index contributed by atoms with van der Waals surface area (Å²) in [6, 6.07) is 10.4. The smallest absolute Gasteiger partial charge is 0.410 e. The summed E-state index contributed by atoms with van der Waals surface area (Å²) in [6.07, 6.45) is 3.66. The van der Waals surface area contributed by atoms with Crippen LogP contribution in [0.3, 0.4) is 0 Å². The highest BCUT2D eigenvalue weighted by Crippen LogP contribution is 2.40. The van der Waals surface area contributed by atoms with Gasteiger partial charge in [-0.3, -0.25) is 0 Å². The Morgan fingerprint density at radius 1 is 1.15 bits per heavy atom. The normalized spacial score (nSPS) is 15.0. The van der Waals surface area contributed by atoms with Crippen molar-refractivity contribution >= 4 is 28.4 Å². The fourth-order valence-electron chi connectivity index (χ4n) is 4.62. The Balaban J connectivity index is 1.72. The fraction of sp³-hybridized carbons (Fsp3) is 0.407.